The third-order valence-corrected chi connectivity index (χ3v) is 4.66. The van der Waals surface area contributed by atoms with Crippen molar-refractivity contribution in [2.45, 2.75) is 0 Å². The number of nitrogens with zero attached hydrogens (tertiary/aromatic N) is 1. The van der Waals surface area contributed by atoms with Crippen LogP contribution in [0, 0.1) is 9.58 Å². The summed E-state index contributed by atoms with van der Waals surface area (Å²) < 4.78 is 18.8. The number of carbonyl (C=O) groups excluding carboxylic acids is 3. The van der Waals surface area contributed by atoms with Crippen molar-refractivity contribution in [2.75, 3.05) is 11.9 Å². The molecule has 9 heteroatoms. The summed E-state index contributed by atoms with van der Waals surface area (Å²) in [5, 5.41) is 1.97. The van der Waals surface area contributed by atoms with Gasteiger partial charge in [0.05, 0.1) is 4.91 Å². The number of thioether (sulfide) groups is 1. The number of anilines is 1. The smallest absolute Gasteiger partial charge is 0.294 e. The van der Waals surface area contributed by atoms with Crippen LogP contribution in [0.3, 0.4) is 0 Å². The van der Waals surface area contributed by atoms with Gasteiger partial charge in [0, 0.05) is 11.8 Å². The molecule has 2 heterocycles. The second-order valence-corrected chi connectivity index (χ2v) is 7.02. The quantitative estimate of drug-likeness (QED) is 0.543. The molecule has 1 aromatic heterocycles. The maximum atomic E-state index is 12.9. The van der Waals surface area contributed by atoms with Crippen LogP contribution in [-0.2, 0) is 9.59 Å². The molecule has 3 rings (SSSR count). The van der Waals surface area contributed by atoms with Crippen molar-refractivity contribution in [3.63, 3.8) is 0 Å². The Bertz CT molecular complexity index is 879. The lowest BCUT2D eigenvalue weighted by Gasteiger charge is -2.12. The third kappa shape index (κ3) is 4.28. The number of rotatable bonds is 4. The molecule has 0 aliphatic carbocycles. The lowest BCUT2D eigenvalue weighted by Crippen LogP contribution is -2.36. The van der Waals surface area contributed by atoms with Crippen LogP contribution in [0.15, 0.2) is 45.7 Å². The molecule has 3 amide bonds. The number of imide groups is 1. The molecule has 1 aromatic carbocycles. The van der Waals surface area contributed by atoms with E-state index in [9.17, 15) is 18.8 Å². The predicted molar refractivity (Wildman–Crippen MR) is 99.1 cm³/mol. The monoisotopic (exact) mass is 472 g/mol. The fraction of sp³-hybridized carbons (Fsp3) is 0.0625. The van der Waals surface area contributed by atoms with Crippen molar-refractivity contribution in [1.29, 1.82) is 0 Å². The van der Waals surface area contributed by atoms with E-state index in [1.807, 2.05) is 22.6 Å². The first-order chi connectivity index (χ1) is 11.9. The Morgan fingerprint density at radius 1 is 1.24 bits per heavy atom. The van der Waals surface area contributed by atoms with Crippen molar-refractivity contribution in [3.05, 3.63) is 56.6 Å². The second-order valence-electron chi connectivity index (χ2n) is 4.96. The zero-order chi connectivity index (χ0) is 18.0. The van der Waals surface area contributed by atoms with E-state index in [1.54, 1.807) is 12.1 Å². The van der Waals surface area contributed by atoms with Gasteiger partial charge in [-0.15, -0.1) is 0 Å². The molecular formula is C16H10FIN2O4S. The summed E-state index contributed by atoms with van der Waals surface area (Å²) in [6, 6.07) is 8.58. The van der Waals surface area contributed by atoms with Gasteiger partial charge in [0.15, 0.2) is 3.77 Å². The summed E-state index contributed by atoms with van der Waals surface area (Å²) in [6.45, 7) is -0.422. The van der Waals surface area contributed by atoms with Crippen LogP contribution >= 0.6 is 34.4 Å². The Labute approximate surface area is 159 Å². The van der Waals surface area contributed by atoms with Gasteiger partial charge in [-0.2, -0.15) is 0 Å². The van der Waals surface area contributed by atoms with Crippen LogP contribution in [-0.4, -0.2) is 28.5 Å². The van der Waals surface area contributed by atoms with Gasteiger partial charge < -0.3 is 9.73 Å². The van der Waals surface area contributed by atoms with Crippen molar-refractivity contribution in [2.24, 2.45) is 0 Å². The summed E-state index contributed by atoms with van der Waals surface area (Å²) in [5.41, 5.74) is 0.374. The molecule has 128 valence electrons. The Hall–Kier alpha value is -2.14. The van der Waals surface area contributed by atoms with Crippen LogP contribution in [0.25, 0.3) is 6.08 Å². The van der Waals surface area contributed by atoms with E-state index in [2.05, 4.69) is 5.32 Å². The standard InChI is InChI=1S/C16H10FIN2O4S/c17-9-1-3-10(4-2-9)19-14(21)8-20-15(22)12(25-16(20)23)7-11-5-6-13(18)24-11/h1-7H,8H2,(H,19,21)/b12-7-. The molecule has 1 fully saturated rings. The molecule has 25 heavy (non-hydrogen) atoms. The molecule has 1 N–H and O–H groups in total. The number of hydrogen-bond acceptors (Lipinski definition) is 5. The van der Waals surface area contributed by atoms with E-state index < -0.39 is 29.4 Å². The number of benzene rings is 1. The second kappa shape index (κ2) is 7.40. The number of carbonyl (C=O) groups is 3. The molecule has 1 saturated heterocycles. The minimum Gasteiger partial charge on any atom is -0.451 e. The molecule has 0 unspecified atom stereocenters. The maximum Gasteiger partial charge on any atom is 0.294 e. The highest BCUT2D eigenvalue weighted by atomic mass is 127. The summed E-state index contributed by atoms with van der Waals surface area (Å²) in [6.07, 6.45) is 1.46. The third-order valence-electron chi connectivity index (χ3n) is 3.17. The highest BCUT2D eigenvalue weighted by Crippen LogP contribution is 2.32. The van der Waals surface area contributed by atoms with E-state index in [-0.39, 0.29) is 4.91 Å². The molecule has 0 saturated carbocycles. The predicted octanol–water partition coefficient (Wildman–Crippen LogP) is 3.70. The Morgan fingerprint density at radius 3 is 2.60 bits per heavy atom. The largest absolute Gasteiger partial charge is 0.451 e. The van der Waals surface area contributed by atoms with Crippen LogP contribution in [0.1, 0.15) is 5.76 Å². The van der Waals surface area contributed by atoms with Crippen LogP contribution in [0.4, 0.5) is 14.9 Å². The number of hydrogen-bond donors (Lipinski definition) is 1. The molecule has 0 atom stereocenters. The lowest BCUT2D eigenvalue weighted by atomic mass is 10.3. The van der Waals surface area contributed by atoms with Gasteiger partial charge in [-0.25, -0.2) is 4.39 Å². The molecular weight excluding hydrogens is 462 g/mol. The van der Waals surface area contributed by atoms with Gasteiger partial charge in [-0.05, 0) is 70.8 Å². The molecule has 0 radical (unpaired) electrons. The van der Waals surface area contributed by atoms with Crippen molar-refractivity contribution < 1.29 is 23.2 Å². The van der Waals surface area contributed by atoms with Gasteiger partial charge in [0.2, 0.25) is 5.91 Å². The van der Waals surface area contributed by atoms with Crippen molar-refractivity contribution >= 4 is 63.2 Å². The molecule has 6 nitrogen and oxygen atoms in total. The number of amides is 3. The van der Waals surface area contributed by atoms with Gasteiger partial charge in [-0.1, -0.05) is 0 Å². The van der Waals surface area contributed by atoms with E-state index in [0.717, 1.165) is 16.7 Å². The average molecular weight is 472 g/mol. The number of furan rings is 1. The Balaban J connectivity index is 1.67. The number of nitrogens with one attached hydrogen (secondary N) is 1. The van der Waals surface area contributed by atoms with Crippen molar-refractivity contribution in [1.82, 2.24) is 4.90 Å². The summed E-state index contributed by atoms with van der Waals surface area (Å²) in [4.78, 5) is 37.3. The first-order valence-corrected chi connectivity index (χ1v) is 8.88. The van der Waals surface area contributed by atoms with Gasteiger partial charge in [0.1, 0.15) is 18.1 Å². The maximum absolute atomic E-state index is 12.9. The average Bonchev–Trinajstić information content (AvgIpc) is 3.08. The zero-order valence-electron chi connectivity index (χ0n) is 12.5. The SMILES string of the molecule is O=C(CN1C(=O)S/C(=C\c2ccc(I)o2)C1=O)Nc1ccc(F)cc1. The Morgan fingerprint density at radius 2 is 1.96 bits per heavy atom. The van der Waals surface area contributed by atoms with E-state index in [4.69, 9.17) is 4.42 Å². The molecule has 1 aliphatic heterocycles. The van der Waals surface area contributed by atoms with E-state index in [1.165, 1.54) is 30.3 Å². The highest BCUT2D eigenvalue weighted by Gasteiger charge is 2.36. The summed E-state index contributed by atoms with van der Waals surface area (Å²) >= 11 is 2.73. The summed E-state index contributed by atoms with van der Waals surface area (Å²) in [5.74, 6) is -1.09. The van der Waals surface area contributed by atoms with Gasteiger partial charge >= 0.3 is 0 Å². The van der Waals surface area contributed by atoms with Crippen LogP contribution in [0.2, 0.25) is 0 Å². The zero-order valence-corrected chi connectivity index (χ0v) is 15.5. The Kier molecular flexibility index (Phi) is 5.23. The van der Waals surface area contributed by atoms with E-state index >= 15 is 0 Å². The minimum absolute atomic E-state index is 0.185. The van der Waals surface area contributed by atoms with Crippen molar-refractivity contribution in [3.8, 4) is 0 Å². The molecule has 0 bridgehead atoms. The van der Waals surface area contributed by atoms with Crippen LogP contribution < -0.4 is 5.32 Å². The lowest BCUT2D eigenvalue weighted by molar-refractivity contribution is -0.127. The van der Waals surface area contributed by atoms with Crippen LogP contribution in [0.5, 0.6) is 0 Å². The van der Waals surface area contributed by atoms with E-state index in [0.29, 0.717) is 15.2 Å². The van der Waals surface area contributed by atoms with Gasteiger partial charge in [-0.3, -0.25) is 19.3 Å². The fourth-order valence-electron chi connectivity index (χ4n) is 2.05. The summed E-state index contributed by atoms with van der Waals surface area (Å²) in [7, 11) is 0. The first-order valence-electron chi connectivity index (χ1n) is 6.98. The number of halogens is 2. The fourth-order valence-corrected chi connectivity index (χ4v) is 3.30. The molecule has 0 spiro atoms. The molecule has 1 aliphatic rings. The normalized spacial score (nSPS) is 15.9. The highest BCUT2D eigenvalue weighted by molar-refractivity contribution is 14.1. The topological polar surface area (TPSA) is 79.6 Å². The first kappa shape index (κ1) is 17.7. The minimum atomic E-state index is -0.560. The van der Waals surface area contributed by atoms with Gasteiger partial charge in [0.25, 0.3) is 11.1 Å². The molecule has 2 aromatic rings.